The van der Waals surface area contributed by atoms with Gasteiger partial charge in [0.1, 0.15) is 11.6 Å². The van der Waals surface area contributed by atoms with E-state index < -0.39 is 5.82 Å². The molecule has 0 bridgehead atoms. The molecule has 130 valence electrons. The first-order valence-corrected chi connectivity index (χ1v) is 8.53. The number of halogens is 2. The van der Waals surface area contributed by atoms with Crippen molar-refractivity contribution >= 4 is 34.2 Å². The van der Waals surface area contributed by atoms with Gasteiger partial charge in [0, 0.05) is 18.0 Å². The van der Waals surface area contributed by atoms with Gasteiger partial charge in [-0.1, -0.05) is 31.5 Å². The molecule has 0 radical (unpaired) electrons. The molecule has 1 amide bonds. The topological polar surface area (TPSA) is 57.8 Å². The van der Waals surface area contributed by atoms with Crippen LogP contribution in [0.4, 0.5) is 10.1 Å². The normalized spacial score (nSPS) is 11.2. The second-order valence-electron chi connectivity index (χ2n) is 6.31. The summed E-state index contributed by atoms with van der Waals surface area (Å²) in [6, 6.07) is 10.1. The van der Waals surface area contributed by atoms with Crippen molar-refractivity contribution in [3.8, 4) is 0 Å². The number of hydrogen-bond donors (Lipinski definition) is 2. The summed E-state index contributed by atoms with van der Waals surface area (Å²) in [5.74, 6) is 0.644. The lowest BCUT2D eigenvalue weighted by atomic mass is 10.1. The van der Waals surface area contributed by atoms with Crippen molar-refractivity contribution in [2.45, 2.75) is 32.6 Å². The molecule has 4 nitrogen and oxygen atoms in total. The fraction of sp³-hybridized carbons (Fsp3) is 0.263. The zero-order valence-corrected chi connectivity index (χ0v) is 14.8. The number of anilines is 1. The van der Waals surface area contributed by atoms with E-state index in [1.165, 1.54) is 18.2 Å². The molecule has 6 heteroatoms. The molecular weight excluding hydrogens is 341 g/mol. The minimum Gasteiger partial charge on any atom is -0.342 e. The first-order chi connectivity index (χ1) is 11.9. The van der Waals surface area contributed by atoms with E-state index in [4.69, 9.17) is 11.6 Å². The average molecular weight is 360 g/mol. The number of hydrogen-bond acceptors (Lipinski definition) is 2. The highest BCUT2D eigenvalue weighted by Gasteiger charge is 2.09. The molecule has 0 saturated heterocycles. The van der Waals surface area contributed by atoms with Crippen molar-refractivity contribution in [2.24, 2.45) is 0 Å². The predicted molar refractivity (Wildman–Crippen MR) is 98.5 cm³/mol. The first kappa shape index (κ1) is 17.4. The Balaban J connectivity index is 1.63. The number of aryl methyl sites for hydroxylation is 1. The smallest absolute Gasteiger partial charge is 0.224 e. The third kappa shape index (κ3) is 4.17. The largest absolute Gasteiger partial charge is 0.342 e. The van der Waals surface area contributed by atoms with Crippen LogP contribution in [0.2, 0.25) is 5.02 Å². The van der Waals surface area contributed by atoms with Gasteiger partial charge >= 0.3 is 0 Å². The number of fused-ring (bicyclic) bond motifs is 1. The summed E-state index contributed by atoms with van der Waals surface area (Å²) in [6.07, 6.45) is 0.929. The van der Waals surface area contributed by atoms with Crippen LogP contribution in [0.15, 0.2) is 36.4 Å². The molecule has 2 aromatic carbocycles. The SMILES string of the molecule is CC(C)c1nc2ccc(CCC(=O)Nc3ccc(F)c(Cl)c3)cc2[nH]1. The Morgan fingerprint density at radius 2 is 2.08 bits per heavy atom. The van der Waals surface area contributed by atoms with Gasteiger partial charge in [-0.2, -0.15) is 0 Å². The van der Waals surface area contributed by atoms with Crippen molar-refractivity contribution in [2.75, 3.05) is 5.32 Å². The second-order valence-corrected chi connectivity index (χ2v) is 6.71. The van der Waals surface area contributed by atoms with Crippen LogP contribution in [-0.2, 0) is 11.2 Å². The molecule has 0 unspecified atom stereocenters. The van der Waals surface area contributed by atoms with Crippen LogP contribution in [0.1, 0.15) is 37.6 Å². The zero-order valence-electron chi connectivity index (χ0n) is 14.1. The Bertz CT molecular complexity index is 920. The van der Waals surface area contributed by atoms with Crippen LogP contribution in [0.3, 0.4) is 0 Å². The maximum atomic E-state index is 13.1. The Kier molecular flexibility index (Phi) is 5.04. The zero-order chi connectivity index (χ0) is 18.0. The molecule has 0 saturated carbocycles. The van der Waals surface area contributed by atoms with E-state index in [9.17, 15) is 9.18 Å². The second kappa shape index (κ2) is 7.23. The van der Waals surface area contributed by atoms with Gasteiger partial charge in [-0.3, -0.25) is 4.79 Å². The van der Waals surface area contributed by atoms with Crippen molar-refractivity contribution in [1.29, 1.82) is 0 Å². The minimum absolute atomic E-state index is 0.0107. The van der Waals surface area contributed by atoms with Crippen molar-refractivity contribution in [1.82, 2.24) is 9.97 Å². The van der Waals surface area contributed by atoms with Gasteiger partial charge in [-0.05, 0) is 42.3 Å². The summed E-state index contributed by atoms with van der Waals surface area (Å²) < 4.78 is 13.1. The molecule has 3 aromatic rings. The van der Waals surface area contributed by atoms with Crippen LogP contribution < -0.4 is 5.32 Å². The molecule has 0 aliphatic heterocycles. The first-order valence-electron chi connectivity index (χ1n) is 8.16. The molecule has 2 N–H and O–H groups in total. The number of nitrogens with one attached hydrogen (secondary N) is 2. The standard InChI is InChI=1S/C19H19ClFN3O/c1-11(2)19-23-16-7-3-12(9-17(16)24-19)4-8-18(25)22-13-5-6-15(21)14(20)10-13/h3,5-7,9-11H,4,8H2,1-2H3,(H,22,25)(H,23,24). The Hall–Kier alpha value is -2.40. The van der Waals surface area contributed by atoms with E-state index in [2.05, 4.69) is 29.1 Å². The van der Waals surface area contributed by atoms with E-state index >= 15 is 0 Å². The minimum atomic E-state index is -0.506. The molecule has 0 atom stereocenters. The fourth-order valence-corrected chi connectivity index (χ4v) is 2.74. The van der Waals surface area contributed by atoms with E-state index in [-0.39, 0.29) is 10.9 Å². The maximum Gasteiger partial charge on any atom is 0.224 e. The lowest BCUT2D eigenvalue weighted by molar-refractivity contribution is -0.116. The monoisotopic (exact) mass is 359 g/mol. The van der Waals surface area contributed by atoms with Crippen molar-refractivity contribution < 1.29 is 9.18 Å². The predicted octanol–water partition coefficient (Wildman–Crippen LogP) is 5.05. The Morgan fingerprint density at radius 3 is 2.80 bits per heavy atom. The van der Waals surface area contributed by atoms with Crippen LogP contribution in [-0.4, -0.2) is 15.9 Å². The summed E-state index contributed by atoms with van der Waals surface area (Å²) in [6.45, 7) is 4.18. The highest BCUT2D eigenvalue weighted by Crippen LogP contribution is 2.21. The van der Waals surface area contributed by atoms with Crippen molar-refractivity contribution in [3.05, 3.63) is 58.6 Å². The molecule has 25 heavy (non-hydrogen) atoms. The van der Waals surface area contributed by atoms with Crippen LogP contribution in [0.5, 0.6) is 0 Å². The van der Waals surface area contributed by atoms with Gasteiger partial charge in [-0.25, -0.2) is 9.37 Å². The Labute approximate surface area is 150 Å². The lowest BCUT2D eigenvalue weighted by Gasteiger charge is -2.06. The van der Waals surface area contributed by atoms with Crippen molar-refractivity contribution in [3.63, 3.8) is 0 Å². The molecule has 1 heterocycles. The molecule has 0 fully saturated rings. The van der Waals surface area contributed by atoms with Crippen LogP contribution in [0.25, 0.3) is 11.0 Å². The highest BCUT2D eigenvalue weighted by atomic mass is 35.5. The van der Waals surface area contributed by atoms with Gasteiger partial charge < -0.3 is 10.3 Å². The number of aromatic nitrogens is 2. The van der Waals surface area contributed by atoms with Gasteiger partial charge in [0.25, 0.3) is 0 Å². The highest BCUT2D eigenvalue weighted by molar-refractivity contribution is 6.31. The summed E-state index contributed by atoms with van der Waals surface area (Å²) in [4.78, 5) is 19.9. The van der Waals surface area contributed by atoms with E-state index in [0.717, 1.165) is 22.4 Å². The van der Waals surface area contributed by atoms with Gasteiger partial charge in [0.05, 0.1) is 16.1 Å². The fourth-order valence-electron chi connectivity index (χ4n) is 2.56. The third-order valence-corrected chi connectivity index (χ3v) is 4.25. The molecule has 0 spiro atoms. The average Bonchev–Trinajstić information content (AvgIpc) is 3.00. The molecule has 0 aliphatic carbocycles. The van der Waals surface area contributed by atoms with Gasteiger partial charge in [0.15, 0.2) is 0 Å². The molecule has 3 rings (SSSR count). The van der Waals surface area contributed by atoms with Crippen LogP contribution in [0, 0.1) is 5.82 Å². The third-order valence-electron chi connectivity index (χ3n) is 3.96. The maximum absolute atomic E-state index is 13.1. The number of aromatic amines is 1. The molecular formula is C19H19ClFN3O. The number of imidazole rings is 1. The number of carbonyl (C=O) groups excluding carboxylic acids is 1. The summed E-state index contributed by atoms with van der Waals surface area (Å²) in [5.41, 5.74) is 3.45. The summed E-state index contributed by atoms with van der Waals surface area (Å²) in [7, 11) is 0. The van der Waals surface area contributed by atoms with Gasteiger partial charge in [-0.15, -0.1) is 0 Å². The number of H-pyrrole nitrogens is 1. The van der Waals surface area contributed by atoms with E-state index in [0.29, 0.717) is 24.4 Å². The Morgan fingerprint density at radius 1 is 1.28 bits per heavy atom. The molecule has 1 aromatic heterocycles. The quantitative estimate of drug-likeness (QED) is 0.669. The van der Waals surface area contributed by atoms with Crippen LogP contribution >= 0.6 is 11.6 Å². The number of amides is 1. The number of benzene rings is 2. The number of rotatable bonds is 5. The summed E-state index contributed by atoms with van der Waals surface area (Å²) >= 11 is 5.71. The number of nitrogens with zero attached hydrogens (tertiary/aromatic N) is 1. The van der Waals surface area contributed by atoms with E-state index in [1.54, 1.807) is 0 Å². The van der Waals surface area contributed by atoms with Gasteiger partial charge in [0.2, 0.25) is 5.91 Å². The molecule has 0 aliphatic rings. The number of carbonyl (C=O) groups is 1. The van der Waals surface area contributed by atoms with E-state index in [1.807, 2.05) is 18.2 Å². The summed E-state index contributed by atoms with van der Waals surface area (Å²) in [5, 5.41) is 2.72. The lowest BCUT2D eigenvalue weighted by Crippen LogP contribution is -2.12.